The van der Waals surface area contributed by atoms with Crippen LogP contribution in [0, 0.1) is 20.8 Å². The molecule has 1 aliphatic carbocycles. The van der Waals surface area contributed by atoms with Crippen LogP contribution in [0.25, 0.3) is 0 Å². The lowest BCUT2D eigenvalue weighted by molar-refractivity contribution is 0.1000. The van der Waals surface area contributed by atoms with E-state index >= 15 is 0 Å². The van der Waals surface area contributed by atoms with E-state index in [0.717, 1.165) is 35.4 Å². The van der Waals surface area contributed by atoms with E-state index in [4.69, 9.17) is 5.73 Å². The molecule has 0 atom stereocenters. The second-order valence-electron chi connectivity index (χ2n) is 6.96. The predicted octanol–water partition coefficient (Wildman–Crippen LogP) is 2.64. The molecule has 0 radical (unpaired) electrons. The molecule has 7 nitrogen and oxygen atoms in total. The van der Waals surface area contributed by atoms with E-state index in [1.807, 2.05) is 37.4 Å². The van der Waals surface area contributed by atoms with Gasteiger partial charge in [0.05, 0.1) is 12.2 Å². The van der Waals surface area contributed by atoms with Gasteiger partial charge in [0.2, 0.25) is 5.91 Å². The topological polar surface area (TPSA) is 93.2 Å². The fourth-order valence-electron chi connectivity index (χ4n) is 3.07. The van der Waals surface area contributed by atoms with Gasteiger partial charge in [-0.05, 0) is 51.3 Å². The zero-order valence-corrected chi connectivity index (χ0v) is 15.7. The van der Waals surface area contributed by atoms with E-state index in [9.17, 15) is 9.59 Å². The summed E-state index contributed by atoms with van der Waals surface area (Å²) >= 11 is 0. The van der Waals surface area contributed by atoms with Gasteiger partial charge in [0.1, 0.15) is 0 Å². The predicted molar refractivity (Wildman–Crippen MR) is 100.0 cm³/mol. The quantitative estimate of drug-likeness (QED) is 0.863. The summed E-state index contributed by atoms with van der Waals surface area (Å²) in [6.45, 7) is 6.39. The Kier molecular flexibility index (Phi) is 4.71. The van der Waals surface area contributed by atoms with Gasteiger partial charge in [-0.25, -0.2) is 4.79 Å². The van der Waals surface area contributed by atoms with E-state index < -0.39 is 5.91 Å². The molecule has 7 heteroatoms. The molecule has 3 amide bonds. The highest BCUT2D eigenvalue weighted by atomic mass is 16.2. The Labute approximate surface area is 153 Å². The number of rotatable bonds is 5. The summed E-state index contributed by atoms with van der Waals surface area (Å²) in [7, 11) is 1.91. The summed E-state index contributed by atoms with van der Waals surface area (Å²) in [5.74, 6) is -0.513. The molecule has 1 heterocycles. The van der Waals surface area contributed by atoms with E-state index in [0.29, 0.717) is 17.8 Å². The van der Waals surface area contributed by atoms with Crippen molar-refractivity contribution < 1.29 is 9.59 Å². The SMILES string of the molecule is Cc1ccc(C(N)=O)cc1NC(=O)N(Cc1c(C)nn(C)c1C)C1CC1. The second-order valence-corrected chi connectivity index (χ2v) is 6.96. The summed E-state index contributed by atoms with van der Waals surface area (Å²) < 4.78 is 1.84. The fourth-order valence-corrected chi connectivity index (χ4v) is 3.07. The lowest BCUT2D eigenvalue weighted by Crippen LogP contribution is -2.36. The van der Waals surface area contributed by atoms with Crippen molar-refractivity contribution in [3.05, 3.63) is 46.3 Å². The smallest absolute Gasteiger partial charge is 0.322 e. The molecule has 1 aromatic carbocycles. The van der Waals surface area contributed by atoms with Gasteiger partial charge in [0, 0.05) is 35.6 Å². The van der Waals surface area contributed by atoms with E-state index in [1.54, 1.807) is 18.2 Å². The zero-order chi connectivity index (χ0) is 19.0. The molecule has 26 heavy (non-hydrogen) atoms. The molecule has 0 unspecified atom stereocenters. The third-order valence-electron chi connectivity index (χ3n) is 5.00. The largest absolute Gasteiger partial charge is 0.366 e. The van der Waals surface area contributed by atoms with Crippen LogP contribution in [0.3, 0.4) is 0 Å². The molecule has 1 fully saturated rings. The Morgan fingerprint density at radius 1 is 1.31 bits per heavy atom. The first-order valence-electron chi connectivity index (χ1n) is 8.75. The van der Waals surface area contributed by atoms with Crippen LogP contribution in [0.15, 0.2) is 18.2 Å². The molecule has 138 valence electrons. The number of aromatic nitrogens is 2. The van der Waals surface area contributed by atoms with Crippen molar-refractivity contribution in [2.75, 3.05) is 5.32 Å². The van der Waals surface area contributed by atoms with Crippen LogP contribution < -0.4 is 11.1 Å². The molecule has 0 aliphatic heterocycles. The number of nitrogens with zero attached hydrogens (tertiary/aromatic N) is 3. The lowest BCUT2D eigenvalue weighted by Gasteiger charge is -2.24. The summed E-state index contributed by atoms with van der Waals surface area (Å²) in [6.07, 6.45) is 2.01. The number of anilines is 1. The van der Waals surface area contributed by atoms with Gasteiger partial charge in [-0.2, -0.15) is 5.10 Å². The van der Waals surface area contributed by atoms with Crippen molar-refractivity contribution in [1.82, 2.24) is 14.7 Å². The van der Waals surface area contributed by atoms with E-state index in [-0.39, 0.29) is 12.1 Å². The normalized spacial score (nSPS) is 13.5. The molecular formula is C19H25N5O2. The Morgan fingerprint density at radius 3 is 2.54 bits per heavy atom. The molecule has 0 spiro atoms. The zero-order valence-electron chi connectivity index (χ0n) is 15.7. The van der Waals surface area contributed by atoms with Crippen LogP contribution in [0.5, 0.6) is 0 Å². The van der Waals surface area contributed by atoms with E-state index in [1.165, 1.54) is 0 Å². The number of nitrogens with two attached hydrogens (primary N) is 1. The van der Waals surface area contributed by atoms with Crippen LogP contribution >= 0.6 is 0 Å². The third kappa shape index (κ3) is 3.56. The first kappa shape index (κ1) is 18.0. The monoisotopic (exact) mass is 355 g/mol. The number of urea groups is 1. The number of carbonyl (C=O) groups excluding carboxylic acids is 2. The maximum atomic E-state index is 12.9. The molecular weight excluding hydrogens is 330 g/mol. The van der Waals surface area contributed by atoms with Crippen molar-refractivity contribution in [2.45, 2.75) is 46.2 Å². The van der Waals surface area contributed by atoms with Crippen LogP contribution in [0.4, 0.5) is 10.5 Å². The first-order chi connectivity index (χ1) is 12.3. The number of amides is 3. The number of primary amides is 1. The maximum Gasteiger partial charge on any atom is 0.322 e. The lowest BCUT2D eigenvalue weighted by atomic mass is 10.1. The number of hydrogen-bond donors (Lipinski definition) is 2. The molecule has 1 aromatic heterocycles. The summed E-state index contributed by atoms with van der Waals surface area (Å²) in [4.78, 5) is 26.2. The van der Waals surface area contributed by atoms with Crippen LogP contribution in [-0.4, -0.2) is 32.7 Å². The third-order valence-corrected chi connectivity index (χ3v) is 5.00. The average molecular weight is 355 g/mol. The number of hydrogen-bond acceptors (Lipinski definition) is 3. The minimum absolute atomic E-state index is 0.167. The summed E-state index contributed by atoms with van der Waals surface area (Å²) in [5.41, 5.74) is 10.3. The highest BCUT2D eigenvalue weighted by Crippen LogP contribution is 2.30. The molecule has 0 bridgehead atoms. The van der Waals surface area contributed by atoms with Gasteiger partial charge in [-0.1, -0.05) is 6.07 Å². The van der Waals surface area contributed by atoms with Gasteiger partial charge in [-0.15, -0.1) is 0 Å². The Morgan fingerprint density at radius 2 is 2.00 bits per heavy atom. The first-order valence-corrected chi connectivity index (χ1v) is 8.75. The van der Waals surface area contributed by atoms with Crippen molar-refractivity contribution in [3.8, 4) is 0 Å². The molecule has 1 saturated carbocycles. The Bertz CT molecular complexity index is 867. The molecule has 2 aromatic rings. The average Bonchev–Trinajstić information content (AvgIpc) is 3.37. The summed E-state index contributed by atoms with van der Waals surface area (Å²) in [5, 5.41) is 7.38. The molecule has 1 aliphatic rings. The van der Waals surface area contributed by atoms with Gasteiger partial charge in [-0.3, -0.25) is 9.48 Å². The Hall–Kier alpha value is -2.83. The number of aryl methyl sites for hydroxylation is 3. The van der Waals surface area contributed by atoms with Gasteiger partial charge in [0.25, 0.3) is 0 Å². The van der Waals surface area contributed by atoms with Gasteiger partial charge < -0.3 is 16.0 Å². The van der Waals surface area contributed by atoms with Crippen LogP contribution in [0.2, 0.25) is 0 Å². The molecule has 3 N–H and O–H groups in total. The van der Waals surface area contributed by atoms with Gasteiger partial charge >= 0.3 is 6.03 Å². The fraction of sp³-hybridized carbons (Fsp3) is 0.421. The number of benzene rings is 1. The van der Waals surface area contributed by atoms with Crippen molar-refractivity contribution in [3.63, 3.8) is 0 Å². The highest BCUT2D eigenvalue weighted by Gasteiger charge is 2.34. The Balaban J connectivity index is 1.82. The number of carbonyl (C=O) groups is 2. The maximum absolute atomic E-state index is 12.9. The minimum atomic E-state index is -0.513. The van der Waals surface area contributed by atoms with Crippen LogP contribution in [0.1, 0.15) is 45.7 Å². The second kappa shape index (κ2) is 6.82. The van der Waals surface area contributed by atoms with E-state index in [2.05, 4.69) is 10.4 Å². The number of nitrogens with one attached hydrogen (secondary N) is 1. The van der Waals surface area contributed by atoms with Crippen molar-refractivity contribution in [1.29, 1.82) is 0 Å². The molecule has 3 rings (SSSR count). The van der Waals surface area contributed by atoms with Crippen LogP contribution in [-0.2, 0) is 13.6 Å². The molecule has 0 saturated heterocycles. The van der Waals surface area contributed by atoms with Crippen molar-refractivity contribution in [2.24, 2.45) is 12.8 Å². The highest BCUT2D eigenvalue weighted by molar-refractivity contribution is 5.96. The van der Waals surface area contributed by atoms with Gasteiger partial charge in [0.15, 0.2) is 0 Å². The standard InChI is InChI=1S/C19H25N5O2/c1-11-5-6-14(18(20)25)9-17(11)21-19(26)24(15-7-8-15)10-16-12(2)22-23(4)13(16)3/h5-6,9,15H,7-8,10H2,1-4H3,(H2,20,25)(H,21,26). The minimum Gasteiger partial charge on any atom is -0.366 e. The summed E-state index contributed by atoms with van der Waals surface area (Å²) in [6, 6.07) is 5.15. The van der Waals surface area contributed by atoms with Crippen molar-refractivity contribution >= 4 is 17.6 Å².